The number of benzene rings is 2. The summed E-state index contributed by atoms with van der Waals surface area (Å²) in [5, 5.41) is 15.2. The molecule has 0 heterocycles. The molecule has 168 valence electrons. The lowest BCUT2D eigenvalue weighted by molar-refractivity contribution is -0.107. The molecular formula is C21H25ClN2O6S. The van der Waals surface area contributed by atoms with Crippen molar-refractivity contribution < 1.29 is 27.9 Å². The number of halogens is 1. The van der Waals surface area contributed by atoms with E-state index < -0.39 is 16.1 Å². The van der Waals surface area contributed by atoms with Gasteiger partial charge in [0.2, 0.25) is 10.0 Å². The Labute approximate surface area is 186 Å². The van der Waals surface area contributed by atoms with Crippen LogP contribution < -0.4 is 9.88 Å². The lowest BCUT2D eigenvalue weighted by Crippen LogP contribution is -2.32. The Morgan fingerprint density at radius 3 is 2.45 bits per heavy atom. The number of carbonyl (C=O) groups excluding carboxylic acids is 1. The van der Waals surface area contributed by atoms with Gasteiger partial charge in [0, 0.05) is 24.5 Å². The van der Waals surface area contributed by atoms with E-state index in [1.54, 1.807) is 24.3 Å². The number of hydrogen-bond donors (Lipinski definition) is 2. The van der Waals surface area contributed by atoms with E-state index in [0.717, 1.165) is 11.8 Å². The van der Waals surface area contributed by atoms with E-state index in [2.05, 4.69) is 0 Å². The third-order valence-electron chi connectivity index (χ3n) is 4.77. The van der Waals surface area contributed by atoms with Crippen molar-refractivity contribution in [2.24, 2.45) is 5.14 Å². The quantitative estimate of drug-likeness (QED) is 0.383. The number of unbranched alkanes of at least 4 members (excludes halogenated alkanes) is 2. The number of aldehydes is 1. The van der Waals surface area contributed by atoms with Gasteiger partial charge >= 0.3 is 6.09 Å². The van der Waals surface area contributed by atoms with Crippen molar-refractivity contribution >= 4 is 34.0 Å². The molecule has 0 radical (unpaired) electrons. The molecule has 0 saturated carbocycles. The Morgan fingerprint density at radius 2 is 1.84 bits per heavy atom. The summed E-state index contributed by atoms with van der Waals surface area (Å²) < 4.78 is 28.8. The highest BCUT2D eigenvalue weighted by molar-refractivity contribution is 7.89. The number of methoxy groups -OCH3 is 1. The van der Waals surface area contributed by atoms with E-state index in [1.807, 2.05) is 0 Å². The predicted molar refractivity (Wildman–Crippen MR) is 118 cm³/mol. The van der Waals surface area contributed by atoms with Crippen molar-refractivity contribution in [2.75, 3.05) is 20.2 Å². The molecule has 0 aliphatic heterocycles. The molecule has 0 aliphatic carbocycles. The monoisotopic (exact) mass is 468 g/mol. The molecular weight excluding hydrogens is 444 g/mol. The average molecular weight is 469 g/mol. The normalized spacial score (nSPS) is 11.2. The van der Waals surface area contributed by atoms with E-state index in [1.165, 1.54) is 24.1 Å². The molecule has 0 unspecified atom stereocenters. The summed E-state index contributed by atoms with van der Waals surface area (Å²) >= 11 is 6.30. The fourth-order valence-electron chi connectivity index (χ4n) is 3.11. The minimum absolute atomic E-state index is 0.128. The zero-order chi connectivity index (χ0) is 23.0. The Morgan fingerprint density at radius 1 is 1.16 bits per heavy atom. The molecule has 0 fully saturated rings. The molecule has 0 spiro atoms. The Balaban J connectivity index is 2.24. The maximum atomic E-state index is 11.9. The minimum atomic E-state index is -3.98. The molecule has 0 aromatic heterocycles. The van der Waals surface area contributed by atoms with Crippen LogP contribution in [0.2, 0.25) is 5.02 Å². The second kappa shape index (κ2) is 11.1. The van der Waals surface area contributed by atoms with Crippen molar-refractivity contribution in [3.8, 4) is 16.9 Å². The summed E-state index contributed by atoms with van der Waals surface area (Å²) in [5.74, 6) is 0.145. The van der Waals surface area contributed by atoms with E-state index in [9.17, 15) is 23.1 Å². The number of rotatable bonds is 11. The molecule has 1 amide bonds. The van der Waals surface area contributed by atoms with Crippen molar-refractivity contribution in [1.82, 2.24) is 4.90 Å². The zero-order valence-electron chi connectivity index (χ0n) is 17.1. The van der Waals surface area contributed by atoms with Crippen LogP contribution in [0.4, 0.5) is 4.79 Å². The molecule has 2 rings (SSSR count). The summed E-state index contributed by atoms with van der Waals surface area (Å²) in [4.78, 5) is 23.1. The topological polar surface area (TPSA) is 127 Å². The van der Waals surface area contributed by atoms with E-state index in [4.69, 9.17) is 21.5 Å². The van der Waals surface area contributed by atoms with Gasteiger partial charge in [0.1, 0.15) is 16.9 Å². The lowest BCUT2D eigenvalue weighted by Gasteiger charge is -2.19. The number of ether oxygens (including phenoxy) is 1. The minimum Gasteiger partial charge on any atom is -0.495 e. The molecule has 10 heteroatoms. The number of primary sulfonamides is 1. The van der Waals surface area contributed by atoms with Crippen molar-refractivity contribution in [1.29, 1.82) is 0 Å². The van der Waals surface area contributed by atoms with Crippen molar-refractivity contribution in [3.05, 3.63) is 47.0 Å². The first-order valence-electron chi connectivity index (χ1n) is 9.58. The Kier molecular flexibility index (Phi) is 8.85. The van der Waals surface area contributed by atoms with Crippen LogP contribution in [0.25, 0.3) is 11.1 Å². The molecule has 0 aliphatic rings. The van der Waals surface area contributed by atoms with Gasteiger partial charge in [-0.15, -0.1) is 0 Å². The zero-order valence-corrected chi connectivity index (χ0v) is 18.7. The van der Waals surface area contributed by atoms with Crippen LogP contribution in [-0.2, 0) is 21.2 Å². The molecule has 2 aromatic rings. The summed E-state index contributed by atoms with van der Waals surface area (Å²) in [6, 6.07) is 9.88. The highest BCUT2D eigenvalue weighted by atomic mass is 35.5. The number of amides is 1. The number of carboxylic acid groups (broad SMARTS) is 1. The molecule has 0 atom stereocenters. The summed E-state index contributed by atoms with van der Waals surface area (Å²) in [5.41, 5.74) is 2.04. The second-order valence-electron chi connectivity index (χ2n) is 6.90. The highest BCUT2D eigenvalue weighted by Crippen LogP contribution is 2.31. The molecule has 0 saturated heterocycles. The number of nitrogens with two attached hydrogens (primary N) is 1. The van der Waals surface area contributed by atoms with Crippen molar-refractivity contribution in [3.63, 3.8) is 0 Å². The van der Waals surface area contributed by atoms with Gasteiger partial charge in [-0.2, -0.15) is 0 Å². The van der Waals surface area contributed by atoms with E-state index in [-0.39, 0.29) is 17.2 Å². The maximum absolute atomic E-state index is 11.9. The third kappa shape index (κ3) is 6.95. The SMILES string of the molecule is COc1ccc(-c2ccc(Cl)c(CCN(CCCCC=O)C(=O)O)c2)cc1S(N)(=O)=O. The van der Waals surface area contributed by atoms with Gasteiger partial charge < -0.3 is 19.5 Å². The summed E-state index contributed by atoms with van der Waals surface area (Å²) in [6.07, 6.45) is 1.80. The fourth-order valence-corrected chi connectivity index (χ4v) is 4.05. The number of hydrogen-bond acceptors (Lipinski definition) is 5. The van der Waals surface area contributed by atoms with Gasteiger partial charge in [-0.3, -0.25) is 0 Å². The smallest absolute Gasteiger partial charge is 0.407 e. The van der Waals surface area contributed by atoms with Crippen LogP contribution in [0, 0.1) is 0 Å². The van der Waals surface area contributed by atoms with Crippen LogP contribution in [0.5, 0.6) is 5.75 Å². The first-order chi connectivity index (χ1) is 14.7. The van der Waals surface area contributed by atoms with Gasteiger partial charge in [0.15, 0.2) is 0 Å². The summed E-state index contributed by atoms with van der Waals surface area (Å²) in [7, 11) is -2.62. The Bertz CT molecular complexity index is 1040. The molecule has 8 nitrogen and oxygen atoms in total. The van der Waals surface area contributed by atoms with Crippen LogP contribution in [0.1, 0.15) is 24.8 Å². The standard InChI is InChI=1S/C21H25ClN2O6S/c1-30-19-8-6-16(14-20(19)31(23,28)29)15-5-7-18(22)17(13-15)9-11-24(21(26)27)10-3-2-4-12-25/h5-8,12-14H,2-4,9-11H2,1H3,(H,26,27)(H2,23,28,29). The second-order valence-corrected chi connectivity index (χ2v) is 8.84. The third-order valence-corrected chi connectivity index (χ3v) is 6.07. The Hall–Kier alpha value is -2.62. The van der Waals surface area contributed by atoms with Gasteiger partial charge in [-0.25, -0.2) is 18.4 Å². The van der Waals surface area contributed by atoms with Crippen LogP contribution in [0.15, 0.2) is 41.3 Å². The van der Waals surface area contributed by atoms with Gasteiger partial charge in [-0.05, 0) is 60.2 Å². The molecule has 31 heavy (non-hydrogen) atoms. The fraction of sp³-hybridized carbons (Fsp3) is 0.333. The van der Waals surface area contributed by atoms with Gasteiger partial charge in [0.25, 0.3) is 0 Å². The first-order valence-corrected chi connectivity index (χ1v) is 11.5. The number of sulfonamides is 1. The van der Waals surface area contributed by atoms with Crippen molar-refractivity contribution in [2.45, 2.75) is 30.6 Å². The van der Waals surface area contributed by atoms with Gasteiger partial charge in [0.05, 0.1) is 7.11 Å². The van der Waals surface area contributed by atoms with Crippen LogP contribution in [0.3, 0.4) is 0 Å². The number of nitrogens with zero attached hydrogens (tertiary/aromatic N) is 1. The largest absolute Gasteiger partial charge is 0.495 e. The van der Waals surface area contributed by atoms with E-state index in [0.29, 0.717) is 48.4 Å². The average Bonchev–Trinajstić information content (AvgIpc) is 2.73. The number of carbonyl (C=O) groups is 2. The molecule has 3 N–H and O–H groups in total. The van der Waals surface area contributed by atoms with Crippen LogP contribution >= 0.6 is 11.6 Å². The van der Waals surface area contributed by atoms with Crippen LogP contribution in [-0.4, -0.2) is 51.0 Å². The lowest BCUT2D eigenvalue weighted by atomic mass is 10.0. The predicted octanol–water partition coefficient (Wildman–Crippen LogP) is 3.55. The summed E-state index contributed by atoms with van der Waals surface area (Å²) in [6.45, 7) is 0.571. The van der Waals surface area contributed by atoms with Gasteiger partial charge in [-0.1, -0.05) is 23.7 Å². The molecule has 0 bridgehead atoms. The first kappa shape index (κ1) is 24.6. The molecule has 2 aromatic carbocycles. The maximum Gasteiger partial charge on any atom is 0.407 e. The highest BCUT2D eigenvalue weighted by Gasteiger charge is 2.17. The van der Waals surface area contributed by atoms with E-state index >= 15 is 0 Å².